The van der Waals surface area contributed by atoms with Crippen molar-refractivity contribution in [1.82, 2.24) is 4.90 Å². The van der Waals surface area contributed by atoms with E-state index in [1.165, 1.54) is 0 Å². The van der Waals surface area contributed by atoms with E-state index in [4.69, 9.17) is 0 Å². The molecule has 112 valence electrons. The Bertz CT molecular complexity index is 441. The summed E-state index contributed by atoms with van der Waals surface area (Å²) >= 11 is 3.38. The summed E-state index contributed by atoms with van der Waals surface area (Å²) in [5, 5.41) is 0. The zero-order valence-electron chi connectivity index (χ0n) is 12.8. The summed E-state index contributed by atoms with van der Waals surface area (Å²) in [6, 6.07) is 0. The lowest BCUT2D eigenvalue weighted by Gasteiger charge is -2.35. The van der Waals surface area contributed by atoms with Crippen molar-refractivity contribution in [3.05, 3.63) is 21.8 Å². The fourth-order valence-electron chi connectivity index (χ4n) is 3.25. The van der Waals surface area contributed by atoms with E-state index in [9.17, 15) is 9.59 Å². The molecule has 0 N–H and O–H groups in total. The lowest BCUT2D eigenvalue weighted by atomic mass is 9.86. The van der Waals surface area contributed by atoms with Crippen LogP contribution < -0.4 is 0 Å². The third-order valence-corrected chi connectivity index (χ3v) is 4.06. The van der Waals surface area contributed by atoms with Crippen LogP contribution >= 0.6 is 15.9 Å². The fraction of sp³-hybridized carbons (Fsp3) is 0.625. The number of carbonyl (C=O) groups excluding carboxylic acids is 2. The van der Waals surface area contributed by atoms with Crippen molar-refractivity contribution in [3.8, 4) is 0 Å². The van der Waals surface area contributed by atoms with E-state index < -0.39 is 0 Å². The summed E-state index contributed by atoms with van der Waals surface area (Å²) in [4.78, 5) is 25.8. The molecule has 0 spiro atoms. The van der Waals surface area contributed by atoms with Crippen LogP contribution in [0.15, 0.2) is 21.8 Å². The second-order valence-electron chi connectivity index (χ2n) is 5.56. The van der Waals surface area contributed by atoms with Crippen LogP contribution in [0.5, 0.6) is 0 Å². The van der Waals surface area contributed by atoms with Gasteiger partial charge < -0.3 is 4.90 Å². The lowest BCUT2D eigenvalue weighted by molar-refractivity contribution is -0.121. The lowest BCUT2D eigenvalue weighted by Crippen LogP contribution is -2.42. The van der Waals surface area contributed by atoms with Crippen LogP contribution in [0, 0.1) is 0 Å². The van der Waals surface area contributed by atoms with Gasteiger partial charge in [0, 0.05) is 6.42 Å². The summed E-state index contributed by atoms with van der Waals surface area (Å²) in [6.07, 6.45) is 6.88. The second-order valence-corrected chi connectivity index (χ2v) is 6.81. The van der Waals surface area contributed by atoms with Crippen molar-refractivity contribution in [1.29, 1.82) is 0 Å². The predicted octanol–water partition coefficient (Wildman–Crippen LogP) is 4.33. The smallest absolute Gasteiger partial charge is 0.214 e. The minimum Gasteiger partial charge on any atom is -0.305 e. The van der Waals surface area contributed by atoms with Crippen molar-refractivity contribution in [2.24, 2.45) is 0 Å². The maximum atomic E-state index is 12.4. The minimum atomic E-state index is -0.313. The van der Waals surface area contributed by atoms with Crippen LogP contribution in [-0.4, -0.2) is 22.6 Å². The van der Waals surface area contributed by atoms with Crippen molar-refractivity contribution in [2.75, 3.05) is 0 Å². The molecule has 4 heteroatoms. The van der Waals surface area contributed by atoms with Gasteiger partial charge in [-0.3, -0.25) is 9.59 Å². The van der Waals surface area contributed by atoms with Gasteiger partial charge >= 0.3 is 0 Å². The van der Waals surface area contributed by atoms with Gasteiger partial charge in [0.15, 0.2) is 5.78 Å². The molecule has 0 atom stereocenters. The van der Waals surface area contributed by atoms with E-state index >= 15 is 0 Å². The summed E-state index contributed by atoms with van der Waals surface area (Å²) in [5.41, 5.74) is 1.11. The molecular weight excluding hydrogens is 318 g/mol. The Morgan fingerprint density at radius 3 is 2.25 bits per heavy atom. The van der Waals surface area contributed by atoms with Gasteiger partial charge in [-0.25, -0.2) is 0 Å². The Morgan fingerprint density at radius 1 is 1.30 bits per heavy atom. The molecule has 0 saturated carbocycles. The third-order valence-electron chi connectivity index (χ3n) is 3.83. The number of amides is 1. The van der Waals surface area contributed by atoms with E-state index in [-0.39, 0.29) is 11.3 Å². The number of hydrogen-bond donors (Lipinski definition) is 0. The topological polar surface area (TPSA) is 37.4 Å². The molecule has 1 heterocycles. The largest absolute Gasteiger partial charge is 0.305 e. The number of allylic oxidation sites excluding steroid dienone is 4. The molecule has 0 bridgehead atoms. The van der Waals surface area contributed by atoms with Gasteiger partial charge in [0.1, 0.15) is 0 Å². The molecule has 1 aliphatic heterocycles. The van der Waals surface area contributed by atoms with Gasteiger partial charge in [-0.1, -0.05) is 42.6 Å². The molecule has 0 aromatic rings. The Kier molecular flexibility index (Phi) is 6.18. The molecule has 0 aromatic heterocycles. The molecule has 1 saturated heterocycles. The maximum Gasteiger partial charge on any atom is 0.214 e. The number of nitrogens with zero attached hydrogens (tertiary/aromatic N) is 1. The predicted molar refractivity (Wildman–Crippen MR) is 85.5 cm³/mol. The molecule has 1 rings (SSSR count). The molecule has 0 aliphatic carbocycles. The van der Waals surface area contributed by atoms with E-state index in [0.717, 1.165) is 42.1 Å². The maximum absolute atomic E-state index is 12.4. The van der Waals surface area contributed by atoms with Crippen molar-refractivity contribution >= 4 is 28.1 Å². The first-order valence-electron chi connectivity index (χ1n) is 7.24. The number of halogens is 1. The summed E-state index contributed by atoms with van der Waals surface area (Å²) in [7, 11) is 0. The average molecular weight is 342 g/mol. The van der Waals surface area contributed by atoms with Crippen LogP contribution in [-0.2, 0) is 9.59 Å². The summed E-state index contributed by atoms with van der Waals surface area (Å²) in [6.45, 7) is 8.01. The average Bonchev–Trinajstić information content (AvgIpc) is 2.61. The van der Waals surface area contributed by atoms with Crippen molar-refractivity contribution < 1.29 is 9.59 Å². The van der Waals surface area contributed by atoms with Gasteiger partial charge in [-0.15, -0.1) is 0 Å². The van der Waals surface area contributed by atoms with Crippen molar-refractivity contribution in [3.63, 3.8) is 0 Å². The number of Topliss-reactive ketones (excluding diaryl/α,β-unsaturated/α-hetero) is 1. The molecule has 3 nitrogen and oxygen atoms in total. The van der Waals surface area contributed by atoms with Gasteiger partial charge in [-0.2, -0.15) is 0 Å². The second kappa shape index (κ2) is 7.21. The van der Waals surface area contributed by atoms with Gasteiger partial charge in [0.2, 0.25) is 6.41 Å². The van der Waals surface area contributed by atoms with E-state index in [1.54, 1.807) is 4.90 Å². The highest BCUT2D eigenvalue weighted by atomic mass is 79.9. The fourth-order valence-corrected chi connectivity index (χ4v) is 3.60. The summed E-state index contributed by atoms with van der Waals surface area (Å²) in [5.74, 6) is 0.0847. The van der Waals surface area contributed by atoms with Crippen LogP contribution in [0.25, 0.3) is 0 Å². The number of rotatable bonds is 6. The molecular formula is C16H24BrNO2. The Hall–Kier alpha value is -0.900. The van der Waals surface area contributed by atoms with Gasteiger partial charge in [0.05, 0.1) is 11.2 Å². The first-order valence-corrected chi connectivity index (χ1v) is 8.03. The van der Waals surface area contributed by atoms with E-state index in [2.05, 4.69) is 29.8 Å². The third kappa shape index (κ3) is 3.40. The number of likely N-dealkylation sites (tertiary alicyclic amines) is 1. The highest BCUT2D eigenvalue weighted by molar-refractivity contribution is 9.11. The molecule has 0 aromatic carbocycles. The normalized spacial score (nSPS) is 21.4. The van der Waals surface area contributed by atoms with E-state index in [1.807, 2.05) is 19.9 Å². The highest BCUT2D eigenvalue weighted by Crippen LogP contribution is 2.41. The Balaban J connectivity index is 3.32. The molecule has 20 heavy (non-hydrogen) atoms. The monoisotopic (exact) mass is 341 g/mol. The zero-order chi connectivity index (χ0) is 15.3. The Morgan fingerprint density at radius 2 is 1.85 bits per heavy atom. The molecule has 1 fully saturated rings. The molecule has 0 unspecified atom stereocenters. The van der Waals surface area contributed by atoms with Crippen LogP contribution in [0.4, 0.5) is 0 Å². The Labute approximate surface area is 130 Å². The first kappa shape index (κ1) is 17.2. The number of ketones is 1. The first-order chi connectivity index (χ1) is 9.41. The van der Waals surface area contributed by atoms with Crippen LogP contribution in [0.2, 0.25) is 0 Å². The van der Waals surface area contributed by atoms with Crippen LogP contribution in [0.3, 0.4) is 0 Å². The minimum absolute atomic E-state index is 0.0847. The SMILES string of the molecule is CCCC1(CCC)CC(=O)/C(=C(C)/C=C(\C)Br)N1C=O. The number of carbonyl (C=O) groups is 2. The zero-order valence-corrected chi connectivity index (χ0v) is 14.4. The summed E-state index contributed by atoms with van der Waals surface area (Å²) < 4.78 is 0.949. The number of hydrogen-bond acceptors (Lipinski definition) is 2. The quantitative estimate of drug-likeness (QED) is 0.532. The molecule has 0 radical (unpaired) electrons. The van der Waals surface area contributed by atoms with Gasteiger partial charge in [0.25, 0.3) is 0 Å². The van der Waals surface area contributed by atoms with E-state index in [0.29, 0.717) is 12.1 Å². The van der Waals surface area contributed by atoms with Crippen molar-refractivity contribution in [2.45, 2.75) is 65.3 Å². The molecule has 1 amide bonds. The van der Waals surface area contributed by atoms with Gasteiger partial charge in [-0.05, 0) is 42.8 Å². The molecule has 1 aliphatic rings. The van der Waals surface area contributed by atoms with Crippen LogP contribution in [0.1, 0.15) is 59.8 Å². The highest BCUT2D eigenvalue weighted by Gasteiger charge is 2.47. The standard InChI is InChI=1S/C16H24BrNO2/c1-5-7-16(8-6-2)10-14(20)15(18(16)11-19)12(3)9-13(4)17/h9,11H,5-8,10H2,1-4H3/b13-9+,15-12-.